The number of rotatable bonds is 6. The molecule has 0 saturated carbocycles. The maximum atomic E-state index is 2.28. The first kappa shape index (κ1) is 17.8. The molecule has 0 amide bonds. The molecule has 0 aliphatic heterocycles. The summed E-state index contributed by atoms with van der Waals surface area (Å²) in [4.78, 5) is 0. The van der Waals surface area contributed by atoms with Gasteiger partial charge in [-0.25, -0.2) is 0 Å². The molecule has 0 aromatic heterocycles. The Kier molecular flexibility index (Phi) is 7.44. The predicted octanol–water partition coefficient (Wildman–Crippen LogP) is 5.25. The fraction of sp³-hybridized carbons (Fsp3) is 0.143. The summed E-state index contributed by atoms with van der Waals surface area (Å²) in [6.45, 7) is 0. The summed E-state index contributed by atoms with van der Waals surface area (Å²) in [7, 11) is 0. The molecule has 0 spiro atoms. The molecule has 3 aromatic carbocycles. The van der Waals surface area contributed by atoms with Gasteiger partial charge in [0.1, 0.15) is 0 Å². The summed E-state index contributed by atoms with van der Waals surface area (Å²) in [6, 6.07) is 33.0. The summed E-state index contributed by atoms with van der Waals surface area (Å²) in [6.07, 6.45) is 0. The van der Waals surface area contributed by atoms with Gasteiger partial charge >= 0.3 is 138 Å². The van der Waals surface area contributed by atoms with Gasteiger partial charge in [0.25, 0.3) is 0 Å². The molecule has 3 aromatic rings. The summed E-state index contributed by atoms with van der Waals surface area (Å²) >= 11 is -1.22. The summed E-state index contributed by atoms with van der Waals surface area (Å²) in [5.41, 5.74) is 4.51. The van der Waals surface area contributed by atoms with Crippen LogP contribution in [0, 0.1) is 0 Å². The second-order valence-corrected chi connectivity index (χ2v) is 11.1. The van der Waals surface area contributed by atoms with E-state index in [1.54, 1.807) is 0 Å². The van der Waals surface area contributed by atoms with Gasteiger partial charge < -0.3 is 0 Å². The Morgan fingerprint density at radius 1 is 0.435 bits per heavy atom. The van der Waals surface area contributed by atoms with Crippen molar-refractivity contribution in [3.8, 4) is 0 Å². The van der Waals surface area contributed by atoms with E-state index in [1.807, 2.05) is 0 Å². The Balaban J connectivity index is 0.00000192. The molecule has 0 atom stereocenters. The predicted molar refractivity (Wildman–Crippen MR) is 103 cm³/mol. The van der Waals surface area contributed by atoms with E-state index >= 15 is 0 Å². The molecular weight excluding hydrogens is 360 g/mol. The molecule has 0 nitrogen and oxygen atoms in total. The van der Waals surface area contributed by atoms with Crippen LogP contribution in [-0.4, -0.2) is 14.3 Å². The van der Waals surface area contributed by atoms with E-state index in [2.05, 4.69) is 91.0 Å². The van der Waals surface area contributed by atoms with Crippen molar-refractivity contribution >= 4 is 26.8 Å². The van der Waals surface area contributed by atoms with Gasteiger partial charge in [0.05, 0.1) is 0 Å². The van der Waals surface area contributed by atoms with E-state index in [0.29, 0.717) is 0 Å². The van der Waals surface area contributed by atoms with Crippen molar-refractivity contribution in [3.63, 3.8) is 0 Å². The van der Waals surface area contributed by atoms with Crippen LogP contribution in [0.15, 0.2) is 91.0 Å². The zero-order chi connectivity index (χ0) is 15.0. The van der Waals surface area contributed by atoms with E-state index in [1.165, 1.54) is 32.5 Å². The first-order valence-corrected chi connectivity index (χ1v) is 12.3. The van der Waals surface area contributed by atoms with Crippen molar-refractivity contribution in [2.24, 2.45) is 0 Å². The van der Waals surface area contributed by atoms with Crippen LogP contribution in [0.5, 0.6) is 0 Å². The number of hydrogen-bond donors (Lipinski definition) is 0. The van der Waals surface area contributed by atoms with Gasteiger partial charge in [-0.2, -0.15) is 0 Å². The quantitative estimate of drug-likeness (QED) is 0.511. The van der Waals surface area contributed by atoms with Crippen LogP contribution in [0.3, 0.4) is 0 Å². The molecule has 0 fully saturated rings. The van der Waals surface area contributed by atoms with E-state index in [-0.39, 0.29) is 12.4 Å². The summed E-state index contributed by atoms with van der Waals surface area (Å²) in [5, 5.41) is 3.89. The van der Waals surface area contributed by atoms with Gasteiger partial charge in [-0.1, -0.05) is 0 Å². The zero-order valence-corrected chi connectivity index (χ0v) is 16.1. The molecule has 0 N–H and O–H groups in total. The Morgan fingerprint density at radius 3 is 0.957 bits per heavy atom. The van der Waals surface area contributed by atoms with Gasteiger partial charge in [-0.15, -0.1) is 12.4 Å². The van der Waals surface area contributed by atoms with Crippen molar-refractivity contribution in [1.82, 2.24) is 0 Å². The first-order valence-electron chi connectivity index (χ1n) is 7.85. The van der Waals surface area contributed by atoms with Crippen LogP contribution in [0.4, 0.5) is 0 Å². The Bertz CT molecular complexity index is 569. The third kappa shape index (κ3) is 5.89. The van der Waals surface area contributed by atoms with Crippen LogP contribution in [-0.2, 0) is 15.8 Å². The molecule has 0 heterocycles. The summed E-state index contributed by atoms with van der Waals surface area (Å²) < 4.78 is 0. The fourth-order valence-electron chi connectivity index (χ4n) is 2.84. The standard InChI is InChI=1S/C21H21Ge.ClH/c1-4-10-19(11-5-1)16-22(17-20-12-6-2-7-13-20)18-21-14-8-3-9-15-21;/h1-15H,16-18H2;1H. The molecule has 3 rings (SSSR count). The number of hydrogen-bond acceptors (Lipinski definition) is 0. The van der Waals surface area contributed by atoms with Crippen molar-refractivity contribution in [2.75, 3.05) is 0 Å². The van der Waals surface area contributed by atoms with Crippen molar-refractivity contribution in [1.29, 1.82) is 0 Å². The average molecular weight is 382 g/mol. The SMILES string of the molecule is Cl.c1ccc([CH2][Ge]([CH2]c2ccccc2)[CH2]c2ccccc2)cc1. The van der Waals surface area contributed by atoms with Gasteiger partial charge in [-0.05, 0) is 0 Å². The molecule has 23 heavy (non-hydrogen) atoms. The normalized spacial score (nSPS) is 10.3. The Hall–Kier alpha value is -1.51. The Morgan fingerprint density at radius 2 is 0.696 bits per heavy atom. The number of halogens is 1. The minimum absolute atomic E-state index is 0. The average Bonchev–Trinajstić information content (AvgIpc) is 2.57. The van der Waals surface area contributed by atoms with Crippen LogP contribution >= 0.6 is 12.4 Å². The second kappa shape index (κ2) is 9.59. The topological polar surface area (TPSA) is 0 Å². The van der Waals surface area contributed by atoms with Crippen LogP contribution < -0.4 is 0 Å². The fourth-order valence-corrected chi connectivity index (χ4v) is 8.75. The third-order valence-electron chi connectivity index (χ3n) is 3.89. The van der Waals surface area contributed by atoms with Crippen LogP contribution in [0.2, 0.25) is 0 Å². The van der Waals surface area contributed by atoms with Crippen molar-refractivity contribution in [2.45, 2.75) is 15.8 Å². The second-order valence-electron chi connectivity index (χ2n) is 5.74. The molecular formula is C21H22ClGe. The van der Waals surface area contributed by atoms with E-state index in [0.717, 1.165) is 0 Å². The van der Waals surface area contributed by atoms with E-state index < -0.39 is 14.3 Å². The minimum atomic E-state index is -1.22. The Labute approximate surface area is 150 Å². The number of benzene rings is 3. The van der Waals surface area contributed by atoms with Gasteiger partial charge in [-0.3, -0.25) is 0 Å². The van der Waals surface area contributed by atoms with E-state index in [4.69, 9.17) is 0 Å². The molecule has 0 aliphatic carbocycles. The zero-order valence-electron chi connectivity index (χ0n) is 13.2. The van der Waals surface area contributed by atoms with Gasteiger partial charge in [0, 0.05) is 0 Å². The monoisotopic (exact) mass is 383 g/mol. The summed E-state index contributed by atoms with van der Waals surface area (Å²) in [5.74, 6) is 0. The van der Waals surface area contributed by atoms with Crippen molar-refractivity contribution < 1.29 is 0 Å². The molecule has 0 saturated heterocycles. The molecule has 0 aliphatic rings. The molecule has 117 valence electrons. The third-order valence-corrected chi connectivity index (χ3v) is 9.61. The van der Waals surface area contributed by atoms with Gasteiger partial charge in [0.15, 0.2) is 0 Å². The molecule has 0 unspecified atom stereocenters. The maximum absolute atomic E-state index is 2.28. The molecule has 2 heteroatoms. The first-order chi connectivity index (χ1) is 10.9. The molecule has 1 radical (unpaired) electrons. The van der Waals surface area contributed by atoms with Crippen molar-refractivity contribution in [3.05, 3.63) is 108 Å². The van der Waals surface area contributed by atoms with Crippen LogP contribution in [0.1, 0.15) is 16.7 Å². The van der Waals surface area contributed by atoms with Gasteiger partial charge in [0.2, 0.25) is 0 Å². The van der Waals surface area contributed by atoms with E-state index in [9.17, 15) is 0 Å². The van der Waals surface area contributed by atoms with Crippen LogP contribution in [0.25, 0.3) is 0 Å². The molecule has 0 bridgehead atoms.